The van der Waals surface area contributed by atoms with Crippen LogP contribution >= 0.6 is 11.6 Å². The van der Waals surface area contributed by atoms with Gasteiger partial charge in [-0.25, -0.2) is 9.07 Å². The van der Waals surface area contributed by atoms with Crippen molar-refractivity contribution in [2.75, 3.05) is 0 Å². The summed E-state index contributed by atoms with van der Waals surface area (Å²) >= 11 is 5.94. The van der Waals surface area contributed by atoms with Gasteiger partial charge >= 0.3 is 6.18 Å². The molecular weight excluding hydrogens is 460 g/mol. The van der Waals surface area contributed by atoms with E-state index in [-0.39, 0.29) is 18.8 Å². The van der Waals surface area contributed by atoms with Crippen molar-refractivity contribution in [2.24, 2.45) is 5.73 Å². The Kier molecular flexibility index (Phi) is 9.01. The Morgan fingerprint density at radius 1 is 1.18 bits per heavy atom. The predicted octanol–water partition coefficient (Wildman–Crippen LogP) is 5.59. The Bertz CT molecular complexity index is 1100. The summed E-state index contributed by atoms with van der Waals surface area (Å²) in [5.74, 6) is -1.73. The standard InChI is InChI=1S/C21H19ClF4N4O.C2H6/c1-12(13-5-6-14(10-27)18(23)7-13)20(31)28-11-17-9-19(21(24,25)26)29-30(17)16-4-2-3-15(22)8-16;1-2/h2-9,12H,10-11,27H2,1H3,(H,28,31);1-2H3. The van der Waals surface area contributed by atoms with Crippen LogP contribution in [-0.4, -0.2) is 15.7 Å². The van der Waals surface area contributed by atoms with Gasteiger partial charge in [0.15, 0.2) is 5.69 Å². The molecule has 0 spiro atoms. The Morgan fingerprint density at radius 2 is 1.88 bits per heavy atom. The van der Waals surface area contributed by atoms with Gasteiger partial charge in [0.25, 0.3) is 0 Å². The lowest BCUT2D eigenvalue weighted by Gasteiger charge is -2.14. The van der Waals surface area contributed by atoms with Crippen molar-refractivity contribution in [2.45, 2.75) is 46.0 Å². The highest BCUT2D eigenvalue weighted by molar-refractivity contribution is 6.30. The van der Waals surface area contributed by atoms with Gasteiger partial charge in [0.05, 0.1) is 23.8 Å². The van der Waals surface area contributed by atoms with E-state index in [1.165, 1.54) is 18.2 Å². The van der Waals surface area contributed by atoms with Crippen LogP contribution in [0.2, 0.25) is 5.02 Å². The Hall–Kier alpha value is -2.91. The van der Waals surface area contributed by atoms with Crippen molar-refractivity contribution in [1.82, 2.24) is 15.1 Å². The number of nitrogens with one attached hydrogen (secondary N) is 1. The fraction of sp³-hybridized carbons (Fsp3) is 0.304. The zero-order valence-electron chi connectivity index (χ0n) is 18.4. The minimum atomic E-state index is -4.65. The van der Waals surface area contributed by atoms with Crippen LogP contribution in [0.1, 0.15) is 49.2 Å². The first-order chi connectivity index (χ1) is 15.6. The highest BCUT2D eigenvalue weighted by Crippen LogP contribution is 2.30. The molecule has 1 aromatic heterocycles. The molecule has 5 nitrogen and oxygen atoms in total. The molecule has 0 bridgehead atoms. The van der Waals surface area contributed by atoms with Gasteiger partial charge in [0.1, 0.15) is 5.82 Å². The summed E-state index contributed by atoms with van der Waals surface area (Å²) in [5.41, 5.74) is 5.52. The molecule has 0 aliphatic heterocycles. The summed E-state index contributed by atoms with van der Waals surface area (Å²) in [6, 6.07) is 11.4. The molecule has 1 heterocycles. The molecule has 10 heteroatoms. The number of nitrogens with two attached hydrogens (primary N) is 1. The Balaban J connectivity index is 0.00000187. The third-order valence-electron chi connectivity index (χ3n) is 4.76. The average molecular weight is 485 g/mol. The largest absolute Gasteiger partial charge is 0.435 e. The van der Waals surface area contributed by atoms with Crippen molar-refractivity contribution < 1.29 is 22.4 Å². The number of alkyl halides is 3. The number of aromatic nitrogens is 2. The first-order valence-electron chi connectivity index (χ1n) is 10.3. The SMILES string of the molecule is CC.CC(C(=O)NCc1cc(C(F)(F)F)nn1-c1cccc(Cl)c1)c1ccc(CN)c(F)c1. The smallest absolute Gasteiger partial charge is 0.350 e. The van der Waals surface area contributed by atoms with Gasteiger partial charge in [0, 0.05) is 17.1 Å². The van der Waals surface area contributed by atoms with E-state index in [4.69, 9.17) is 17.3 Å². The molecule has 3 N–H and O–H groups in total. The highest BCUT2D eigenvalue weighted by Gasteiger charge is 2.35. The van der Waals surface area contributed by atoms with Crippen LogP contribution < -0.4 is 11.1 Å². The van der Waals surface area contributed by atoms with Crippen molar-refractivity contribution >= 4 is 17.5 Å². The van der Waals surface area contributed by atoms with Crippen molar-refractivity contribution in [3.05, 3.63) is 81.9 Å². The van der Waals surface area contributed by atoms with Gasteiger partial charge in [-0.15, -0.1) is 0 Å². The van der Waals surface area contributed by atoms with Gasteiger partial charge in [-0.05, 0) is 42.8 Å². The third kappa shape index (κ3) is 6.55. The first kappa shape index (κ1) is 26.3. The minimum absolute atomic E-state index is 0.0295. The predicted molar refractivity (Wildman–Crippen MR) is 119 cm³/mol. The van der Waals surface area contributed by atoms with E-state index in [1.54, 1.807) is 31.2 Å². The molecule has 33 heavy (non-hydrogen) atoms. The summed E-state index contributed by atoms with van der Waals surface area (Å²) in [4.78, 5) is 12.6. The number of amides is 1. The molecule has 1 amide bonds. The lowest BCUT2D eigenvalue weighted by Crippen LogP contribution is -2.28. The maximum Gasteiger partial charge on any atom is 0.435 e. The molecule has 1 unspecified atom stereocenters. The molecule has 178 valence electrons. The number of nitrogens with zero attached hydrogens (tertiary/aromatic N) is 2. The van der Waals surface area contributed by atoms with Crippen molar-refractivity contribution in [3.63, 3.8) is 0 Å². The van der Waals surface area contributed by atoms with Crippen LogP contribution in [-0.2, 0) is 24.1 Å². The van der Waals surface area contributed by atoms with E-state index in [9.17, 15) is 22.4 Å². The zero-order chi connectivity index (χ0) is 24.8. The normalized spacial score (nSPS) is 12.0. The second kappa shape index (κ2) is 11.3. The molecule has 0 radical (unpaired) electrons. The van der Waals surface area contributed by atoms with E-state index in [0.717, 1.165) is 10.7 Å². The Morgan fingerprint density at radius 3 is 2.45 bits per heavy atom. The van der Waals surface area contributed by atoms with Gasteiger partial charge in [0.2, 0.25) is 5.91 Å². The molecule has 0 saturated heterocycles. The summed E-state index contributed by atoms with van der Waals surface area (Å²) < 4.78 is 54.6. The van der Waals surface area contributed by atoms with Crippen LogP contribution in [0.5, 0.6) is 0 Å². The number of halogens is 5. The van der Waals surface area contributed by atoms with Crippen molar-refractivity contribution in [3.8, 4) is 5.69 Å². The molecule has 3 rings (SSSR count). The number of benzene rings is 2. The van der Waals surface area contributed by atoms with Crippen LogP contribution in [0.3, 0.4) is 0 Å². The second-order valence-corrected chi connectivity index (χ2v) is 7.34. The third-order valence-corrected chi connectivity index (χ3v) is 5.00. The minimum Gasteiger partial charge on any atom is -0.350 e. The molecule has 3 aromatic rings. The Labute approximate surface area is 194 Å². The maximum absolute atomic E-state index is 14.0. The average Bonchev–Trinajstić information content (AvgIpc) is 3.23. The topological polar surface area (TPSA) is 72.9 Å². The molecular formula is C23H25ClF4N4O. The number of hydrogen-bond acceptors (Lipinski definition) is 3. The number of rotatable bonds is 6. The molecule has 0 fully saturated rings. The van der Waals surface area contributed by atoms with Crippen LogP contribution in [0.15, 0.2) is 48.5 Å². The molecule has 1 atom stereocenters. The second-order valence-electron chi connectivity index (χ2n) is 6.90. The molecule has 0 saturated carbocycles. The first-order valence-corrected chi connectivity index (χ1v) is 10.7. The van der Waals surface area contributed by atoms with Crippen LogP contribution in [0, 0.1) is 5.82 Å². The van der Waals surface area contributed by atoms with E-state index in [2.05, 4.69) is 10.4 Å². The number of carbonyl (C=O) groups is 1. The van der Waals surface area contributed by atoms with Crippen LogP contribution in [0.25, 0.3) is 5.69 Å². The van der Waals surface area contributed by atoms with E-state index in [0.29, 0.717) is 21.8 Å². The quantitative estimate of drug-likeness (QED) is 0.448. The molecule has 2 aromatic carbocycles. The van der Waals surface area contributed by atoms with E-state index >= 15 is 0 Å². The summed E-state index contributed by atoms with van der Waals surface area (Å²) in [5, 5.41) is 6.54. The lowest BCUT2D eigenvalue weighted by atomic mass is 9.98. The summed E-state index contributed by atoms with van der Waals surface area (Å²) in [7, 11) is 0. The molecule has 0 aliphatic carbocycles. The van der Waals surface area contributed by atoms with E-state index < -0.39 is 29.5 Å². The van der Waals surface area contributed by atoms with E-state index in [1.807, 2.05) is 13.8 Å². The number of hydrogen-bond donors (Lipinski definition) is 2. The maximum atomic E-state index is 14.0. The number of carbonyl (C=O) groups excluding carboxylic acids is 1. The monoisotopic (exact) mass is 484 g/mol. The van der Waals surface area contributed by atoms with Gasteiger partial charge in [-0.2, -0.15) is 18.3 Å². The molecule has 0 aliphatic rings. The fourth-order valence-electron chi connectivity index (χ4n) is 3.00. The van der Waals surface area contributed by atoms with Gasteiger partial charge in [-0.3, -0.25) is 4.79 Å². The van der Waals surface area contributed by atoms with Crippen molar-refractivity contribution in [1.29, 1.82) is 0 Å². The highest BCUT2D eigenvalue weighted by atomic mass is 35.5. The lowest BCUT2D eigenvalue weighted by molar-refractivity contribution is -0.141. The fourth-order valence-corrected chi connectivity index (χ4v) is 3.18. The summed E-state index contributed by atoms with van der Waals surface area (Å²) in [6.45, 7) is 5.38. The van der Waals surface area contributed by atoms with Crippen LogP contribution in [0.4, 0.5) is 17.6 Å². The van der Waals surface area contributed by atoms with Gasteiger partial charge in [-0.1, -0.05) is 43.6 Å². The zero-order valence-corrected chi connectivity index (χ0v) is 19.1. The summed E-state index contributed by atoms with van der Waals surface area (Å²) in [6.07, 6.45) is -4.65. The van der Waals surface area contributed by atoms with Gasteiger partial charge < -0.3 is 11.1 Å².